The minimum absolute atomic E-state index is 0.798. The molecule has 88 valence electrons. The van der Waals surface area contributed by atoms with Gasteiger partial charge in [-0.3, -0.25) is 4.98 Å². The number of rotatable bonds is 2. The average Bonchev–Trinajstić information content (AvgIpc) is 2.31. The number of halogens is 3. The van der Waals surface area contributed by atoms with Crippen LogP contribution in [0.3, 0.4) is 0 Å². The van der Waals surface area contributed by atoms with Gasteiger partial charge in [-0.2, -0.15) is 0 Å². The number of benzene rings is 1. The second-order valence-electron chi connectivity index (χ2n) is 3.32. The van der Waals surface area contributed by atoms with Crippen LogP contribution in [0, 0.1) is 0 Å². The third-order valence-corrected chi connectivity index (χ3v) is 4.21. The van der Waals surface area contributed by atoms with E-state index in [0.717, 1.165) is 30.3 Å². The number of methoxy groups -OCH3 is 1. The van der Waals surface area contributed by atoms with Crippen molar-refractivity contribution in [1.29, 1.82) is 0 Å². The Bertz CT molecular complexity index is 557. The van der Waals surface area contributed by atoms with E-state index in [1.54, 1.807) is 19.5 Å². The fourth-order valence-corrected chi connectivity index (χ4v) is 3.32. The summed E-state index contributed by atoms with van der Waals surface area (Å²) in [5.41, 5.74) is 2.12. The van der Waals surface area contributed by atoms with Gasteiger partial charge in [0.05, 0.1) is 11.6 Å². The lowest BCUT2D eigenvalue weighted by atomic mass is 10.1. The Labute approximate surface area is 125 Å². The molecule has 0 aliphatic carbocycles. The summed E-state index contributed by atoms with van der Waals surface area (Å²) in [7, 11) is 1.65. The molecule has 0 aliphatic heterocycles. The van der Waals surface area contributed by atoms with E-state index < -0.39 is 0 Å². The van der Waals surface area contributed by atoms with Gasteiger partial charge in [-0.1, -0.05) is 15.9 Å². The van der Waals surface area contributed by atoms with Gasteiger partial charge in [0.15, 0.2) is 0 Å². The second kappa shape index (κ2) is 5.50. The van der Waals surface area contributed by atoms with Gasteiger partial charge in [0.1, 0.15) is 5.75 Å². The van der Waals surface area contributed by atoms with Gasteiger partial charge < -0.3 is 4.74 Å². The van der Waals surface area contributed by atoms with Crippen molar-refractivity contribution in [3.8, 4) is 16.9 Å². The Morgan fingerprint density at radius 3 is 2.41 bits per heavy atom. The van der Waals surface area contributed by atoms with E-state index in [4.69, 9.17) is 4.74 Å². The zero-order valence-corrected chi connectivity index (χ0v) is 13.6. The zero-order chi connectivity index (χ0) is 12.4. The average molecular weight is 422 g/mol. The number of hydrogen-bond acceptors (Lipinski definition) is 2. The molecule has 1 aromatic carbocycles. The topological polar surface area (TPSA) is 22.1 Å². The molecular formula is C12H8Br3NO. The van der Waals surface area contributed by atoms with Crippen molar-refractivity contribution in [2.45, 2.75) is 0 Å². The summed E-state index contributed by atoms with van der Waals surface area (Å²) in [6.45, 7) is 0. The van der Waals surface area contributed by atoms with E-state index in [9.17, 15) is 0 Å². The molecule has 0 amide bonds. The van der Waals surface area contributed by atoms with Crippen LogP contribution in [-0.2, 0) is 0 Å². The quantitative estimate of drug-likeness (QED) is 0.677. The van der Waals surface area contributed by atoms with Gasteiger partial charge in [0.25, 0.3) is 0 Å². The van der Waals surface area contributed by atoms with Gasteiger partial charge in [-0.25, -0.2) is 0 Å². The Hall–Kier alpha value is -0.390. The van der Waals surface area contributed by atoms with Crippen LogP contribution in [-0.4, -0.2) is 12.1 Å². The summed E-state index contributed by atoms with van der Waals surface area (Å²) in [6, 6.07) is 5.91. The second-order valence-corrected chi connectivity index (χ2v) is 5.89. The van der Waals surface area contributed by atoms with Crippen molar-refractivity contribution in [3.05, 3.63) is 44.0 Å². The molecule has 17 heavy (non-hydrogen) atoms. The molecule has 0 radical (unpaired) electrons. The molecule has 0 unspecified atom stereocenters. The van der Waals surface area contributed by atoms with Crippen LogP contribution in [0.1, 0.15) is 0 Å². The highest BCUT2D eigenvalue weighted by Crippen LogP contribution is 2.39. The molecule has 5 heteroatoms. The normalized spacial score (nSPS) is 10.4. The van der Waals surface area contributed by atoms with Gasteiger partial charge in [-0.05, 0) is 50.1 Å². The Balaban J connectivity index is 2.64. The highest BCUT2D eigenvalue weighted by atomic mass is 79.9. The Morgan fingerprint density at radius 2 is 1.76 bits per heavy atom. The summed E-state index contributed by atoms with van der Waals surface area (Å²) < 4.78 is 8.17. The molecule has 2 aromatic rings. The first-order valence-electron chi connectivity index (χ1n) is 4.76. The summed E-state index contributed by atoms with van der Waals surface area (Å²) in [5, 5.41) is 0. The number of hydrogen-bond donors (Lipinski definition) is 0. The molecule has 0 fully saturated rings. The first-order valence-corrected chi connectivity index (χ1v) is 7.14. The van der Waals surface area contributed by atoms with E-state index in [-0.39, 0.29) is 0 Å². The fourth-order valence-electron chi connectivity index (χ4n) is 1.49. The molecule has 0 aliphatic rings. The third kappa shape index (κ3) is 2.72. The molecule has 1 aromatic heterocycles. The van der Waals surface area contributed by atoms with Crippen molar-refractivity contribution in [1.82, 2.24) is 4.98 Å². The summed E-state index contributed by atoms with van der Waals surface area (Å²) >= 11 is 10.5. The standard InChI is InChI=1S/C12H8Br3NO/c1-17-12-4-8(9(13)5-10(12)14)7-2-3-16-6-11(7)15/h2-6H,1H3. The van der Waals surface area contributed by atoms with E-state index in [1.165, 1.54) is 0 Å². The SMILES string of the molecule is COc1cc(-c2ccncc2Br)c(Br)cc1Br. The van der Waals surface area contributed by atoms with Crippen molar-refractivity contribution in [3.63, 3.8) is 0 Å². The van der Waals surface area contributed by atoms with Crippen molar-refractivity contribution in [2.75, 3.05) is 7.11 Å². The van der Waals surface area contributed by atoms with Crippen LogP contribution in [0.2, 0.25) is 0 Å². The minimum atomic E-state index is 0.798. The number of ether oxygens (including phenoxy) is 1. The van der Waals surface area contributed by atoms with Gasteiger partial charge in [0.2, 0.25) is 0 Å². The lowest BCUT2D eigenvalue weighted by Gasteiger charge is -2.10. The van der Waals surface area contributed by atoms with Crippen molar-refractivity contribution >= 4 is 47.8 Å². The van der Waals surface area contributed by atoms with E-state index in [1.807, 2.05) is 18.2 Å². The lowest BCUT2D eigenvalue weighted by Crippen LogP contribution is -1.88. The highest BCUT2D eigenvalue weighted by Gasteiger charge is 2.11. The maximum Gasteiger partial charge on any atom is 0.133 e. The van der Waals surface area contributed by atoms with Crippen LogP contribution >= 0.6 is 47.8 Å². The Kier molecular flexibility index (Phi) is 4.22. The zero-order valence-electron chi connectivity index (χ0n) is 8.88. The van der Waals surface area contributed by atoms with Gasteiger partial charge in [0, 0.05) is 32.5 Å². The molecule has 2 rings (SSSR count). The van der Waals surface area contributed by atoms with Crippen molar-refractivity contribution in [2.24, 2.45) is 0 Å². The fraction of sp³-hybridized carbons (Fsp3) is 0.0833. The lowest BCUT2D eigenvalue weighted by molar-refractivity contribution is 0.412. The molecule has 0 atom stereocenters. The summed E-state index contributed by atoms with van der Waals surface area (Å²) in [4.78, 5) is 4.06. The first kappa shape index (κ1) is 13.1. The molecule has 1 heterocycles. The van der Waals surface area contributed by atoms with E-state index in [2.05, 4.69) is 52.8 Å². The maximum atomic E-state index is 5.30. The van der Waals surface area contributed by atoms with Gasteiger partial charge in [-0.15, -0.1) is 0 Å². The highest BCUT2D eigenvalue weighted by molar-refractivity contribution is 9.11. The molecule has 0 spiro atoms. The molecule has 2 nitrogen and oxygen atoms in total. The van der Waals surface area contributed by atoms with E-state index >= 15 is 0 Å². The molecular weight excluding hydrogens is 414 g/mol. The monoisotopic (exact) mass is 419 g/mol. The van der Waals surface area contributed by atoms with Crippen LogP contribution in [0.5, 0.6) is 5.75 Å². The van der Waals surface area contributed by atoms with E-state index in [0.29, 0.717) is 0 Å². The van der Waals surface area contributed by atoms with Crippen LogP contribution in [0.15, 0.2) is 44.0 Å². The molecule has 0 N–H and O–H groups in total. The largest absolute Gasteiger partial charge is 0.496 e. The minimum Gasteiger partial charge on any atom is -0.496 e. The van der Waals surface area contributed by atoms with Crippen LogP contribution < -0.4 is 4.74 Å². The smallest absolute Gasteiger partial charge is 0.133 e. The Morgan fingerprint density at radius 1 is 1.00 bits per heavy atom. The third-order valence-electron chi connectivity index (χ3n) is 2.30. The van der Waals surface area contributed by atoms with Crippen molar-refractivity contribution < 1.29 is 4.74 Å². The molecule has 0 bridgehead atoms. The van der Waals surface area contributed by atoms with Crippen LogP contribution in [0.25, 0.3) is 11.1 Å². The number of aromatic nitrogens is 1. The predicted octanol–water partition coefficient (Wildman–Crippen LogP) is 5.04. The van der Waals surface area contributed by atoms with Gasteiger partial charge >= 0.3 is 0 Å². The summed E-state index contributed by atoms with van der Waals surface area (Å²) in [5.74, 6) is 0.798. The summed E-state index contributed by atoms with van der Waals surface area (Å²) in [6.07, 6.45) is 3.54. The number of pyridine rings is 1. The predicted molar refractivity (Wildman–Crippen MR) is 79.3 cm³/mol. The number of nitrogens with zero attached hydrogens (tertiary/aromatic N) is 1. The molecule has 0 saturated carbocycles. The maximum absolute atomic E-state index is 5.30. The first-order chi connectivity index (χ1) is 8.13. The molecule has 0 saturated heterocycles. The van der Waals surface area contributed by atoms with Crippen LogP contribution in [0.4, 0.5) is 0 Å².